The average molecular weight is 471 g/mol. The van der Waals surface area contributed by atoms with E-state index in [0.29, 0.717) is 17.6 Å². The summed E-state index contributed by atoms with van der Waals surface area (Å²) in [7, 11) is 0. The van der Waals surface area contributed by atoms with Crippen LogP contribution in [0.2, 0.25) is 0 Å². The monoisotopic (exact) mass is 470 g/mol. The molecular formula is C25H28F2N4O3. The number of hydrogen-bond donors (Lipinski definition) is 4. The molecule has 34 heavy (non-hydrogen) atoms. The number of carbonyl (C=O) groups excluding carboxylic acids is 2. The van der Waals surface area contributed by atoms with Crippen molar-refractivity contribution in [2.75, 3.05) is 5.32 Å². The quantitative estimate of drug-likeness (QED) is 0.421. The number of halogens is 2. The first-order chi connectivity index (χ1) is 15.9. The third-order valence-corrected chi connectivity index (χ3v) is 5.62. The number of aromatic amines is 1. The molecule has 0 fully saturated rings. The van der Waals surface area contributed by atoms with Gasteiger partial charge in [0.2, 0.25) is 5.91 Å². The molecule has 4 N–H and O–H groups in total. The molecule has 0 aliphatic rings. The summed E-state index contributed by atoms with van der Waals surface area (Å²) < 4.78 is 26.7. The van der Waals surface area contributed by atoms with E-state index in [1.54, 1.807) is 6.07 Å². The maximum absolute atomic E-state index is 13.4. The molecule has 0 bridgehead atoms. The second kappa shape index (κ2) is 9.72. The Morgan fingerprint density at radius 1 is 0.971 bits per heavy atom. The summed E-state index contributed by atoms with van der Waals surface area (Å²) in [5.41, 5.74) is 3.39. The van der Waals surface area contributed by atoms with E-state index in [1.807, 2.05) is 27.7 Å². The van der Waals surface area contributed by atoms with Crippen LogP contribution < -0.4 is 10.6 Å². The number of amides is 2. The molecule has 9 heteroatoms. The number of aromatic nitrogens is 2. The van der Waals surface area contributed by atoms with E-state index in [0.717, 1.165) is 28.8 Å². The highest BCUT2D eigenvalue weighted by molar-refractivity contribution is 5.97. The van der Waals surface area contributed by atoms with Gasteiger partial charge < -0.3 is 15.7 Å². The van der Waals surface area contributed by atoms with Crippen molar-refractivity contribution in [1.82, 2.24) is 15.5 Å². The Kier molecular flexibility index (Phi) is 7.16. The number of hydrogen-bond acceptors (Lipinski definition) is 4. The molecule has 0 saturated carbocycles. The van der Waals surface area contributed by atoms with Crippen LogP contribution in [-0.2, 0) is 15.0 Å². The van der Waals surface area contributed by atoms with Crippen molar-refractivity contribution in [3.63, 3.8) is 0 Å². The number of benzene rings is 2. The normalized spacial score (nSPS) is 13.3. The summed E-state index contributed by atoms with van der Waals surface area (Å²) in [6, 6.07) is 9.27. The van der Waals surface area contributed by atoms with E-state index < -0.39 is 41.0 Å². The zero-order valence-corrected chi connectivity index (χ0v) is 19.7. The van der Waals surface area contributed by atoms with E-state index >= 15 is 0 Å². The summed E-state index contributed by atoms with van der Waals surface area (Å²) in [4.78, 5) is 24.8. The van der Waals surface area contributed by atoms with E-state index in [-0.39, 0.29) is 5.56 Å². The van der Waals surface area contributed by atoms with Gasteiger partial charge in [0.15, 0.2) is 6.10 Å². The second-order valence-electron chi connectivity index (χ2n) is 8.99. The summed E-state index contributed by atoms with van der Waals surface area (Å²) >= 11 is 0. The van der Waals surface area contributed by atoms with Crippen molar-refractivity contribution in [1.29, 1.82) is 0 Å². The van der Waals surface area contributed by atoms with Crippen LogP contribution in [0, 0.1) is 25.5 Å². The van der Waals surface area contributed by atoms with Crippen molar-refractivity contribution >= 4 is 17.6 Å². The lowest BCUT2D eigenvalue weighted by Crippen LogP contribution is -2.43. The predicted octanol–water partition coefficient (Wildman–Crippen LogP) is 3.81. The summed E-state index contributed by atoms with van der Waals surface area (Å²) in [5, 5.41) is 22.2. The van der Waals surface area contributed by atoms with Crippen molar-refractivity contribution in [2.45, 2.75) is 52.2 Å². The van der Waals surface area contributed by atoms with E-state index in [2.05, 4.69) is 39.0 Å². The van der Waals surface area contributed by atoms with Gasteiger partial charge in [0, 0.05) is 17.5 Å². The molecule has 3 rings (SSSR count). The average Bonchev–Trinajstić information content (AvgIpc) is 3.21. The van der Waals surface area contributed by atoms with Gasteiger partial charge in [-0.25, -0.2) is 8.78 Å². The van der Waals surface area contributed by atoms with E-state index in [1.165, 1.54) is 6.92 Å². The van der Waals surface area contributed by atoms with Gasteiger partial charge in [-0.3, -0.25) is 14.7 Å². The summed E-state index contributed by atoms with van der Waals surface area (Å²) in [6.45, 7) is 9.54. The van der Waals surface area contributed by atoms with Crippen LogP contribution in [0.1, 0.15) is 54.8 Å². The molecule has 2 atom stereocenters. The molecule has 2 unspecified atom stereocenters. The van der Waals surface area contributed by atoms with Crippen molar-refractivity contribution in [3.8, 4) is 0 Å². The fraction of sp³-hybridized carbons (Fsp3) is 0.320. The first-order valence-electron chi connectivity index (χ1n) is 10.8. The lowest BCUT2D eigenvalue weighted by molar-refractivity contribution is -0.132. The SMILES string of the molecule is Cc1cc(C)cc(C(C)(C)c2cc(NC(=O)C(C)NC(=O)C(O)c3cc(F)cc(F)c3)[nH]n2)c1. The smallest absolute Gasteiger partial charge is 0.254 e. The summed E-state index contributed by atoms with van der Waals surface area (Å²) in [6.07, 6.45) is -1.84. The number of carbonyl (C=O) groups is 2. The van der Waals surface area contributed by atoms with Gasteiger partial charge in [0.1, 0.15) is 23.5 Å². The number of anilines is 1. The zero-order chi connectivity index (χ0) is 25.2. The zero-order valence-electron chi connectivity index (χ0n) is 19.7. The molecule has 180 valence electrons. The Morgan fingerprint density at radius 3 is 2.15 bits per heavy atom. The molecule has 0 aliphatic heterocycles. The molecular weight excluding hydrogens is 442 g/mol. The topological polar surface area (TPSA) is 107 Å². The first kappa shape index (κ1) is 25.0. The number of aliphatic hydroxyl groups is 1. The van der Waals surface area contributed by atoms with Gasteiger partial charge in [-0.15, -0.1) is 0 Å². The van der Waals surface area contributed by atoms with Crippen molar-refractivity contribution in [3.05, 3.63) is 82.0 Å². The maximum atomic E-state index is 13.4. The minimum atomic E-state index is -1.84. The number of nitrogens with one attached hydrogen (secondary N) is 3. The number of aliphatic hydroxyl groups excluding tert-OH is 1. The number of rotatable bonds is 7. The van der Waals surface area contributed by atoms with Gasteiger partial charge in [0.25, 0.3) is 5.91 Å². The Balaban J connectivity index is 1.66. The highest BCUT2D eigenvalue weighted by Crippen LogP contribution is 2.32. The van der Waals surface area contributed by atoms with Crippen LogP contribution in [0.5, 0.6) is 0 Å². The minimum Gasteiger partial charge on any atom is -0.378 e. The molecule has 0 aliphatic carbocycles. The Bertz CT molecular complexity index is 1180. The van der Waals surface area contributed by atoms with Crippen LogP contribution in [0.3, 0.4) is 0 Å². The van der Waals surface area contributed by atoms with Crippen LogP contribution in [0.25, 0.3) is 0 Å². The van der Waals surface area contributed by atoms with Gasteiger partial charge in [-0.2, -0.15) is 5.10 Å². The number of aryl methyl sites for hydroxylation is 2. The Labute approximate surface area is 196 Å². The Morgan fingerprint density at radius 2 is 1.56 bits per heavy atom. The molecule has 1 aromatic heterocycles. The van der Waals surface area contributed by atoms with Crippen LogP contribution >= 0.6 is 0 Å². The van der Waals surface area contributed by atoms with E-state index in [4.69, 9.17) is 0 Å². The minimum absolute atomic E-state index is 0.255. The standard InChI is InChI=1S/C25H28F2N4O3/c1-13-6-14(2)8-17(7-13)25(4,5)20-12-21(31-30-20)29-23(33)15(3)28-24(34)22(32)16-9-18(26)11-19(27)10-16/h6-12,15,22,32H,1-5H3,(H,28,34)(H2,29,30,31,33). The number of nitrogens with zero attached hydrogens (tertiary/aromatic N) is 1. The van der Waals surface area contributed by atoms with E-state index in [9.17, 15) is 23.5 Å². The molecule has 3 aromatic rings. The molecule has 2 amide bonds. The fourth-order valence-corrected chi connectivity index (χ4v) is 3.67. The number of H-pyrrole nitrogens is 1. The Hall–Kier alpha value is -3.59. The maximum Gasteiger partial charge on any atom is 0.254 e. The molecule has 0 spiro atoms. The second-order valence-corrected chi connectivity index (χ2v) is 8.99. The highest BCUT2D eigenvalue weighted by atomic mass is 19.1. The van der Waals surface area contributed by atoms with Crippen LogP contribution in [-0.4, -0.2) is 33.2 Å². The molecule has 2 aromatic carbocycles. The first-order valence-corrected chi connectivity index (χ1v) is 10.8. The third kappa shape index (κ3) is 5.66. The lowest BCUT2D eigenvalue weighted by atomic mass is 9.80. The van der Waals surface area contributed by atoms with Crippen molar-refractivity contribution < 1.29 is 23.5 Å². The van der Waals surface area contributed by atoms with Crippen LogP contribution in [0.15, 0.2) is 42.5 Å². The van der Waals surface area contributed by atoms with Gasteiger partial charge in [-0.1, -0.05) is 43.2 Å². The van der Waals surface area contributed by atoms with Crippen LogP contribution in [0.4, 0.5) is 14.6 Å². The molecule has 1 heterocycles. The summed E-state index contributed by atoms with van der Waals surface area (Å²) in [5.74, 6) is -3.04. The fourth-order valence-electron chi connectivity index (χ4n) is 3.67. The largest absolute Gasteiger partial charge is 0.378 e. The van der Waals surface area contributed by atoms with Gasteiger partial charge in [0.05, 0.1) is 5.69 Å². The van der Waals surface area contributed by atoms with Gasteiger partial charge in [-0.05, 0) is 44.0 Å². The van der Waals surface area contributed by atoms with Crippen molar-refractivity contribution in [2.24, 2.45) is 0 Å². The van der Waals surface area contributed by atoms with Gasteiger partial charge >= 0.3 is 0 Å². The molecule has 0 saturated heterocycles. The highest BCUT2D eigenvalue weighted by Gasteiger charge is 2.28. The third-order valence-electron chi connectivity index (χ3n) is 5.62. The molecule has 7 nitrogen and oxygen atoms in total. The lowest BCUT2D eigenvalue weighted by Gasteiger charge is -2.24. The predicted molar refractivity (Wildman–Crippen MR) is 124 cm³/mol. The molecule has 0 radical (unpaired) electrons.